The van der Waals surface area contributed by atoms with Gasteiger partial charge >= 0.3 is 5.69 Å². The van der Waals surface area contributed by atoms with Crippen molar-refractivity contribution < 1.29 is 4.74 Å². The Morgan fingerprint density at radius 3 is 2.68 bits per heavy atom. The van der Waals surface area contributed by atoms with Gasteiger partial charge in [-0.05, 0) is 30.7 Å². The normalized spacial score (nSPS) is 11.3. The molecule has 3 heterocycles. The van der Waals surface area contributed by atoms with Crippen LogP contribution in [-0.2, 0) is 19.3 Å². The van der Waals surface area contributed by atoms with Gasteiger partial charge in [0.25, 0.3) is 5.56 Å². The molecule has 1 N–H and O–H groups in total. The zero-order chi connectivity index (χ0) is 22.0. The quantitative estimate of drug-likeness (QED) is 0.423. The van der Waals surface area contributed by atoms with Crippen LogP contribution in [0.15, 0.2) is 51.4 Å². The summed E-state index contributed by atoms with van der Waals surface area (Å²) in [6, 6.07) is 7.73. The Morgan fingerprint density at radius 1 is 1.19 bits per heavy atom. The Bertz CT molecular complexity index is 1320. The maximum absolute atomic E-state index is 12.4. The lowest BCUT2D eigenvalue weighted by atomic mass is 10.3. The highest BCUT2D eigenvalue weighted by molar-refractivity contribution is 7.98. The third-order valence-electron chi connectivity index (χ3n) is 5.13. The number of ether oxygens (including phenoxy) is 1. The number of aryl methyl sites for hydroxylation is 2. The van der Waals surface area contributed by atoms with E-state index in [2.05, 4.69) is 21.9 Å². The lowest BCUT2D eigenvalue weighted by molar-refractivity contribution is 0.414. The summed E-state index contributed by atoms with van der Waals surface area (Å²) in [6.45, 7) is 2.58. The summed E-state index contributed by atoms with van der Waals surface area (Å²) in [6.07, 6.45) is 5.42. The Balaban J connectivity index is 1.64. The average Bonchev–Trinajstić information content (AvgIpc) is 3.37. The molecule has 0 spiro atoms. The van der Waals surface area contributed by atoms with Gasteiger partial charge < -0.3 is 9.30 Å². The molecule has 0 saturated carbocycles. The number of imidazole rings is 2. The van der Waals surface area contributed by atoms with Crippen LogP contribution in [-0.4, -0.2) is 35.8 Å². The molecule has 4 rings (SSSR count). The predicted octanol–water partition coefficient (Wildman–Crippen LogP) is 2.71. The van der Waals surface area contributed by atoms with Crippen molar-refractivity contribution in [1.82, 2.24) is 28.7 Å². The van der Waals surface area contributed by atoms with E-state index in [9.17, 15) is 9.59 Å². The SMILES string of the molecule is CCCCn1c(=O)[nH]c(=O)c2c1nc(CSc1nccn1-c1ccc(OC)cc1)n2C. The average molecular weight is 441 g/mol. The predicted molar refractivity (Wildman–Crippen MR) is 120 cm³/mol. The van der Waals surface area contributed by atoms with Gasteiger partial charge in [-0.25, -0.2) is 14.8 Å². The van der Waals surface area contributed by atoms with E-state index in [4.69, 9.17) is 4.74 Å². The molecule has 9 nitrogen and oxygen atoms in total. The first kappa shape index (κ1) is 21.0. The van der Waals surface area contributed by atoms with E-state index in [1.54, 1.807) is 29.5 Å². The van der Waals surface area contributed by atoms with Gasteiger partial charge in [0.05, 0.1) is 12.9 Å². The molecule has 0 amide bonds. The summed E-state index contributed by atoms with van der Waals surface area (Å²) >= 11 is 1.51. The number of hydrogen-bond acceptors (Lipinski definition) is 6. The van der Waals surface area contributed by atoms with Gasteiger partial charge in [-0.1, -0.05) is 25.1 Å². The number of nitrogens with one attached hydrogen (secondary N) is 1. The second-order valence-electron chi connectivity index (χ2n) is 7.09. The van der Waals surface area contributed by atoms with E-state index in [1.165, 1.54) is 11.8 Å². The number of H-pyrrole nitrogens is 1. The van der Waals surface area contributed by atoms with Crippen LogP contribution >= 0.6 is 11.8 Å². The van der Waals surface area contributed by atoms with Crippen LogP contribution in [0.4, 0.5) is 0 Å². The summed E-state index contributed by atoms with van der Waals surface area (Å²) in [7, 11) is 3.43. The highest BCUT2D eigenvalue weighted by atomic mass is 32.2. The second kappa shape index (κ2) is 8.84. The molecule has 10 heteroatoms. The summed E-state index contributed by atoms with van der Waals surface area (Å²) in [5.41, 5.74) is 0.969. The number of methoxy groups -OCH3 is 1. The van der Waals surface area contributed by atoms with Crippen molar-refractivity contribution >= 4 is 22.9 Å². The lowest BCUT2D eigenvalue weighted by Gasteiger charge is -2.08. The van der Waals surface area contributed by atoms with E-state index in [0.29, 0.717) is 29.3 Å². The lowest BCUT2D eigenvalue weighted by Crippen LogP contribution is -2.31. The van der Waals surface area contributed by atoms with Crippen molar-refractivity contribution in [3.05, 3.63) is 63.3 Å². The van der Waals surface area contributed by atoms with Crippen LogP contribution in [0.3, 0.4) is 0 Å². The molecule has 162 valence electrons. The largest absolute Gasteiger partial charge is 0.497 e. The van der Waals surface area contributed by atoms with Crippen molar-refractivity contribution in [2.75, 3.05) is 7.11 Å². The van der Waals surface area contributed by atoms with Crippen molar-refractivity contribution in [3.8, 4) is 11.4 Å². The van der Waals surface area contributed by atoms with Crippen LogP contribution in [0.25, 0.3) is 16.9 Å². The van der Waals surface area contributed by atoms with Crippen LogP contribution in [0.5, 0.6) is 5.75 Å². The van der Waals surface area contributed by atoms with Crippen molar-refractivity contribution in [1.29, 1.82) is 0 Å². The van der Waals surface area contributed by atoms with Gasteiger partial charge in [0.1, 0.15) is 11.6 Å². The van der Waals surface area contributed by atoms with Crippen LogP contribution in [0.1, 0.15) is 25.6 Å². The van der Waals surface area contributed by atoms with Crippen LogP contribution in [0.2, 0.25) is 0 Å². The first-order valence-electron chi connectivity index (χ1n) is 10.0. The zero-order valence-electron chi connectivity index (χ0n) is 17.7. The molecule has 0 aliphatic rings. The van der Waals surface area contributed by atoms with Gasteiger partial charge in [0.15, 0.2) is 16.3 Å². The number of nitrogens with zero attached hydrogens (tertiary/aromatic N) is 5. The Kier molecular flexibility index (Phi) is 5.99. The first-order valence-corrected chi connectivity index (χ1v) is 11.0. The summed E-state index contributed by atoms with van der Waals surface area (Å²) < 4.78 is 10.5. The highest BCUT2D eigenvalue weighted by Crippen LogP contribution is 2.25. The van der Waals surface area contributed by atoms with Gasteiger partial charge in [-0.15, -0.1) is 0 Å². The van der Waals surface area contributed by atoms with E-state index in [-0.39, 0.29) is 0 Å². The fourth-order valence-corrected chi connectivity index (χ4v) is 4.37. The molecule has 0 fully saturated rings. The molecule has 0 bridgehead atoms. The Labute approximate surface area is 182 Å². The molecular formula is C21H24N6O3S. The standard InChI is InChI=1S/C21H24N6O3S/c1-4-5-11-27-18-17(19(28)24-20(27)29)25(2)16(23-18)13-31-21-22-10-12-26(21)14-6-8-15(30-3)9-7-14/h6-10,12H,4-5,11,13H2,1-3H3,(H,24,28,29). The molecule has 0 aliphatic carbocycles. The molecule has 4 aromatic rings. The smallest absolute Gasteiger partial charge is 0.330 e. The summed E-state index contributed by atoms with van der Waals surface area (Å²) in [5.74, 6) is 1.99. The highest BCUT2D eigenvalue weighted by Gasteiger charge is 2.17. The van der Waals surface area contributed by atoms with Crippen molar-refractivity contribution in [2.45, 2.75) is 37.2 Å². The molecule has 3 aromatic heterocycles. The number of rotatable bonds is 8. The van der Waals surface area contributed by atoms with E-state index < -0.39 is 11.2 Å². The minimum Gasteiger partial charge on any atom is -0.497 e. The van der Waals surface area contributed by atoms with Gasteiger partial charge in [0, 0.05) is 31.7 Å². The molecule has 0 atom stereocenters. The van der Waals surface area contributed by atoms with E-state index in [0.717, 1.165) is 29.4 Å². The van der Waals surface area contributed by atoms with Crippen LogP contribution in [0, 0.1) is 0 Å². The van der Waals surface area contributed by atoms with E-state index >= 15 is 0 Å². The van der Waals surface area contributed by atoms with Crippen LogP contribution < -0.4 is 16.0 Å². The molecular weight excluding hydrogens is 416 g/mol. The second-order valence-corrected chi connectivity index (χ2v) is 8.03. The number of thioether (sulfide) groups is 1. The van der Waals surface area contributed by atoms with Gasteiger partial charge in [0.2, 0.25) is 0 Å². The molecule has 0 saturated heterocycles. The third kappa shape index (κ3) is 4.02. The van der Waals surface area contributed by atoms with Gasteiger partial charge in [-0.2, -0.15) is 0 Å². The fourth-order valence-electron chi connectivity index (χ4n) is 3.41. The molecule has 1 aromatic carbocycles. The molecule has 0 radical (unpaired) electrons. The molecule has 31 heavy (non-hydrogen) atoms. The number of unbranched alkanes of at least 4 members (excludes halogenated alkanes) is 1. The van der Waals surface area contributed by atoms with Gasteiger partial charge in [-0.3, -0.25) is 18.9 Å². The Hall–Kier alpha value is -3.27. The minimum atomic E-state index is -0.418. The number of benzene rings is 1. The number of hydrogen-bond donors (Lipinski definition) is 1. The summed E-state index contributed by atoms with van der Waals surface area (Å²) in [5, 5.41) is 0.800. The summed E-state index contributed by atoms with van der Waals surface area (Å²) in [4.78, 5) is 36.2. The third-order valence-corrected chi connectivity index (χ3v) is 6.09. The number of aromatic nitrogens is 6. The topological polar surface area (TPSA) is 99.7 Å². The molecule has 0 aliphatic heterocycles. The van der Waals surface area contributed by atoms with E-state index in [1.807, 2.05) is 35.0 Å². The fraction of sp³-hybridized carbons (Fsp3) is 0.333. The monoisotopic (exact) mass is 440 g/mol. The minimum absolute atomic E-state index is 0.407. The Morgan fingerprint density at radius 2 is 1.97 bits per heavy atom. The van der Waals surface area contributed by atoms with Crippen molar-refractivity contribution in [3.63, 3.8) is 0 Å². The number of aromatic amines is 1. The first-order chi connectivity index (χ1) is 15.0. The van der Waals surface area contributed by atoms with Crippen molar-refractivity contribution in [2.24, 2.45) is 7.05 Å². The number of fused-ring (bicyclic) bond motifs is 1. The maximum atomic E-state index is 12.4. The maximum Gasteiger partial charge on any atom is 0.330 e. The zero-order valence-corrected chi connectivity index (χ0v) is 18.5. The molecule has 0 unspecified atom stereocenters.